The van der Waals surface area contributed by atoms with Crippen LogP contribution in [-0.4, -0.2) is 35.1 Å². The Morgan fingerprint density at radius 1 is 1.36 bits per heavy atom. The smallest absolute Gasteiger partial charge is 0.441 e. The van der Waals surface area contributed by atoms with Crippen molar-refractivity contribution in [2.24, 2.45) is 5.73 Å². The monoisotopic (exact) mass is 350 g/mol. The molecule has 0 fully saturated rings. The number of aldehydes is 1. The lowest BCUT2D eigenvalue weighted by Gasteiger charge is -2.18. The normalized spacial score (nSPS) is 11.6. The van der Waals surface area contributed by atoms with Crippen LogP contribution in [0.3, 0.4) is 0 Å². The third-order valence-corrected chi connectivity index (χ3v) is 2.79. The van der Waals surface area contributed by atoms with E-state index in [1.807, 2.05) is 13.8 Å². The number of anilines is 1. The topological polar surface area (TPSA) is 129 Å². The molecule has 25 heavy (non-hydrogen) atoms. The Balaban J connectivity index is 0.000000567. The summed E-state index contributed by atoms with van der Waals surface area (Å²) in [5.41, 5.74) is 6.36. The van der Waals surface area contributed by atoms with Crippen molar-refractivity contribution < 1.29 is 18.7 Å². The summed E-state index contributed by atoms with van der Waals surface area (Å²) in [6.45, 7) is 5.77. The molecule has 1 amide bonds. The predicted molar refractivity (Wildman–Crippen MR) is 92.1 cm³/mol. The van der Waals surface area contributed by atoms with Gasteiger partial charge in [-0.1, -0.05) is 13.8 Å². The lowest BCUT2D eigenvalue weighted by Crippen LogP contribution is -2.25. The number of nitrogens with two attached hydrogens (primary N) is 1. The summed E-state index contributed by atoms with van der Waals surface area (Å²) in [5.74, 6) is -0.0231. The molecule has 1 aliphatic rings. The second kappa shape index (κ2) is 10.0. The quantitative estimate of drug-likeness (QED) is 0.786. The molecule has 0 unspecified atom stereocenters. The highest BCUT2D eigenvalue weighted by atomic mass is 16.5. The summed E-state index contributed by atoms with van der Waals surface area (Å²) < 4.78 is 11.3. The second-order valence-corrected chi connectivity index (χ2v) is 4.47. The number of nitrogens with zero attached hydrogens (tertiary/aromatic N) is 2. The minimum atomic E-state index is -0.601. The van der Waals surface area contributed by atoms with Gasteiger partial charge in [0.2, 0.25) is 5.89 Å². The van der Waals surface area contributed by atoms with Crippen molar-refractivity contribution in [3.63, 3.8) is 0 Å². The first kappa shape index (κ1) is 20.1. The van der Waals surface area contributed by atoms with Crippen LogP contribution in [0.2, 0.25) is 0 Å². The molecule has 136 valence electrons. The van der Waals surface area contributed by atoms with Crippen LogP contribution in [0.4, 0.5) is 5.69 Å². The molecule has 0 radical (unpaired) electrons. The van der Waals surface area contributed by atoms with Crippen molar-refractivity contribution in [2.75, 3.05) is 18.5 Å². The maximum absolute atomic E-state index is 11.7. The van der Waals surface area contributed by atoms with Crippen molar-refractivity contribution in [3.05, 3.63) is 34.6 Å². The first-order valence-corrected chi connectivity index (χ1v) is 7.85. The number of fused-ring (bicyclic) bond motifs is 1. The number of hydrogen-bond donors (Lipinski definition) is 2. The first-order valence-electron chi connectivity index (χ1n) is 7.85. The Morgan fingerprint density at radius 2 is 2.04 bits per heavy atom. The zero-order chi connectivity index (χ0) is 18.8. The molecule has 0 aliphatic carbocycles. The summed E-state index contributed by atoms with van der Waals surface area (Å²) in [6, 6.07) is 4.92. The van der Waals surface area contributed by atoms with Gasteiger partial charge < -0.3 is 25.0 Å². The van der Waals surface area contributed by atoms with Crippen LogP contribution in [0.15, 0.2) is 27.4 Å². The van der Waals surface area contributed by atoms with E-state index in [0.717, 1.165) is 11.0 Å². The number of rotatable bonds is 3. The third kappa shape index (κ3) is 5.28. The lowest BCUT2D eigenvalue weighted by atomic mass is 10.2. The molecule has 1 aliphatic heterocycles. The van der Waals surface area contributed by atoms with Gasteiger partial charge in [-0.3, -0.25) is 4.79 Å². The molecular formula is C16H22N4O5. The number of ether oxygens (including phenoxy) is 1. The Morgan fingerprint density at radius 3 is 2.68 bits per heavy atom. The number of nitrogens with one attached hydrogen (secondary N) is 1. The molecular weight excluding hydrogens is 328 g/mol. The molecule has 0 saturated carbocycles. The molecule has 2 heterocycles. The first-order chi connectivity index (χ1) is 12.1. The van der Waals surface area contributed by atoms with Gasteiger partial charge in [-0.25, -0.2) is 4.79 Å². The number of carbonyl (C=O) groups is 2. The standard InChI is InChI=1S/C12H12N4O4.C2H4O.C2H6/c13-4-3-11-15-16(12(18)20-11)7-1-2-9-8(5-7)14-10(17)6-19-9;1-2-3;1-2/h1-2,5H,3-4,6,13H2,(H,14,17);2H,1H3;1-2H3. The van der Waals surface area contributed by atoms with Crippen LogP contribution >= 0.6 is 0 Å². The maximum Gasteiger partial charge on any atom is 0.441 e. The average molecular weight is 350 g/mol. The third-order valence-electron chi connectivity index (χ3n) is 2.79. The summed E-state index contributed by atoms with van der Waals surface area (Å²) >= 11 is 0. The number of hydrogen-bond acceptors (Lipinski definition) is 7. The highest BCUT2D eigenvalue weighted by Gasteiger charge is 2.18. The van der Waals surface area contributed by atoms with E-state index in [4.69, 9.17) is 19.7 Å². The minimum Gasteiger partial charge on any atom is -0.482 e. The molecule has 3 rings (SSSR count). The zero-order valence-corrected chi connectivity index (χ0v) is 14.4. The van der Waals surface area contributed by atoms with Gasteiger partial charge in [0, 0.05) is 13.0 Å². The molecule has 0 atom stereocenters. The summed E-state index contributed by atoms with van der Waals surface area (Å²) in [4.78, 5) is 31.8. The van der Waals surface area contributed by atoms with Gasteiger partial charge >= 0.3 is 5.76 Å². The largest absolute Gasteiger partial charge is 0.482 e. The van der Waals surface area contributed by atoms with Gasteiger partial charge in [0.05, 0.1) is 11.4 Å². The fraction of sp³-hybridized carbons (Fsp3) is 0.375. The van der Waals surface area contributed by atoms with E-state index in [1.54, 1.807) is 18.2 Å². The van der Waals surface area contributed by atoms with Crippen LogP contribution in [0, 0.1) is 0 Å². The molecule has 0 saturated heterocycles. The van der Waals surface area contributed by atoms with Crippen molar-refractivity contribution in [1.82, 2.24) is 9.78 Å². The van der Waals surface area contributed by atoms with Gasteiger partial charge in [-0.15, -0.1) is 5.10 Å². The van der Waals surface area contributed by atoms with Crippen LogP contribution in [0.25, 0.3) is 5.69 Å². The summed E-state index contributed by atoms with van der Waals surface area (Å²) in [7, 11) is 0. The average Bonchev–Trinajstić information content (AvgIpc) is 2.97. The number of benzene rings is 1. The lowest BCUT2D eigenvalue weighted by molar-refractivity contribution is -0.118. The van der Waals surface area contributed by atoms with Crippen molar-refractivity contribution in [1.29, 1.82) is 0 Å². The molecule has 2 aromatic rings. The molecule has 0 bridgehead atoms. The van der Waals surface area contributed by atoms with Crippen LogP contribution in [0.1, 0.15) is 26.7 Å². The summed E-state index contributed by atoms with van der Waals surface area (Å²) in [5, 5.41) is 6.71. The fourth-order valence-corrected chi connectivity index (χ4v) is 1.91. The van der Waals surface area contributed by atoms with E-state index in [1.165, 1.54) is 6.92 Å². The SMILES string of the molecule is CC.CC=O.NCCc1nn(-c2ccc3c(c2)NC(=O)CO3)c(=O)o1. The highest BCUT2D eigenvalue weighted by molar-refractivity contribution is 5.95. The Bertz CT molecular complexity index is 766. The molecule has 9 nitrogen and oxygen atoms in total. The molecule has 3 N–H and O–H groups in total. The fourth-order valence-electron chi connectivity index (χ4n) is 1.91. The van der Waals surface area contributed by atoms with Crippen molar-refractivity contribution >= 4 is 17.9 Å². The van der Waals surface area contributed by atoms with Crippen LogP contribution < -0.4 is 21.5 Å². The van der Waals surface area contributed by atoms with E-state index in [-0.39, 0.29) is 18.4 Å². The molecule has 1 aromatic heterocycles. The van der Waals surface area contributed by atoms with Crippen LogP contribution in [-0.2, 0) is 16.0 Å². The Kier molecular flexibility index (Phi) is 8.07. The van der Waals surface area contributed by atoms with Gasteiger partial charge in [0.25, 0.3) is 5.91 Å². The number of carbonyl (C=O) groups excluding carboxylic acids is 2. The zero-order valence-electron chi connectivity index (χ0n) is 14.4. The summed E-state index contributed by atoms with van der Waals surface area (Å²) in [6.07, 6.45) is 1.13. The van der Waals surface area contributed by atoms with Crippen LogP contribution in [0.5, 0.6) is 5.75 Å². The van der Waals surface area contributed by atoms with E-state index in [9.17, 15) is 9.59 Å². The highest BCUT2D eigenvalue weighted by Crippen LogP contribution is 2.29. The maximum atomic E-state index is 11.7. The van der Waals surface area contributed by atoms with E-state index >= 15 is 0 Å². The minimum absolute atomic E-state index is 0.0170. The predicted octanol–water partition coefficient (Wildman–Crippen LogP) is 0.889. The van der Waals surface area contributed by atoms with Gasteiger partial charge in [-0.2, -0.15) is 4.68 Å². The Labute approximate surface area is 144 Å². The van der Waals surface area contributed by atoms with E-state index in [0.29, 0.717) is 30.1 Å². The van der Waals surface area contributed by atoms with Gasteiger partial charge in [0.1, 0.15) is 12.0 Å². The molecule has 1 aromatic carbocycles. The van der Waals surface area contributed by atoms with Gasteiger partial charge in [-0.05, 0) is 25.1 Å². The van der Waals surface area contributed by atoms with E-state index in [2.05, 4.69) is 10.4 Å². The second-order valence-electron chi connectivity index (χ2n) is 4.47. The van der Waals surface area contributed by atoms with Gasteiger partial charge in [0.15, 0.2) is 6.61 Å². The van der Waals surface area contributed by atoms with Crippen molar-refractivity contribution in [2.45, 2.75) is 27.2 Å². The van der Waals surface area contributed by atoms with Crippen molar-refractivity contribution in [3.8, 4) is 11.4 Å². The number of aromatic nitrogens is 2. The molecule has 9 heteroatoms. The Hall–Kier alpha value is -2.94. The van der Waals surface area contributed by atoms with E-state index < -0.39 is 5.76 Å². The molecule has 0 spiro atoms. The number of amides is 1.